The molecule has 1 unspecified atom stereocenters. The van der Waals surface area contributed by atoms with Crippen molar-refractivity contribution in [2.45, 2.75) is 46.4 Å². The summed E-state index contributed by atoms with van der Waals surface area (Å²) in [5.41, 5.74) is 1.16. The van der Waals surface area contributed by atoms with E-state index in [4.69, 9.17) is 9.15 Å². The van der Waals surface area contributed by atoms with Gasteiger partial charge in [0.15, 0.2) is 0 Å². The summed E-state index contributed by atoms with van der Waals surface area (Å²) < 4.78 is 27.0. The van der Waals surface area contributed by atoms with Crippen molar-refractivity contribution in [1.29, 1.82) is 0 Å². The van der Waals surface area contributed by atoms with E-state index < -0.39 is 41.4 Å². The van der Waals surface area contributed by atoms with Crippen molar-refractivity contribution in [1.82, 2.24) is 9.13 Å². The molecule has 41 heavy (non-hydrogen) atoms. The van der Waals surface area contributed by atoms with Crippen LogP contribution < -0.4 is 27.1 Å². The minimum atomic E-state index is -1.18. The van der Waals surface area contributed by atoms with Gasteiger partial charge in [0, 0.05) is 42.5 Å². The van der Waals surface area contributed by atoms with Crippen LogP contribution in [-0.2, 0) is 16.1 Å². The second kappa shape index (κ2) is 11.5. The molecule has 0 radical (unpaired) electrons. The third-order valence-electron chi connectivity index (χ3n) is 7.41. The maximum absolute atomic E-state index is 14.3. The molecule has 1 saturated heterocycles. The van der Waals surface area contributed by atoms with Gasteiger partial charge < -0.3 is 19.4 Å². The topological polar surface area (TPSA) is 116 Å². The van der Waals surface area contributed by atoms with E-state index in [0.717, 1.165) is 40.5 Å². The summed E-state index contributed by atoms with van der Waals surface area (Å²) in [6, 6.07) is 12.4. The molecule has 11 heteroatoms. The van der Waals surface area contributed by atoms with Crippen molar-refractivity contribution < 1.29 is 18.3 Å². The molecule has 0 spiro atoms. The zero-order valence-electron chi connectivity index (χ0n) is 23.1. The molecule has 5 rings (SSSR count). The minimum absolute atomic E-state index is 0.370. The number of anilines is 2. The second-order valence-electron chi connectivity index (χ2n) is 9.89. The summed E-state index contributed by atoms with van der Waals surface area (Å²) in [5.74, 6) is -1.84. The van der Waals surface area contributed by atoms with Gasteiger partial charge in [-0.1, -0.05) is 12.1 Å². The number of hydrogen-bond acceptors (Lipinski definition) is 7. The number of aryl methyl sites for hydroxylation is 1. The summed E-state index contributed by atoms with van der Waals surface area (Å²) in [6.07, 6.45) is 1.35. The first-order chi connectivity index (χ1) is 19.7. The first-order valence-corrected chi connectivity index (χ1v) is 13.6. The highest BCUT2D eigenvalue weighted by Crippen LogP contribution is 2.30. The molecular formula is C30H31FN4O6. The average molecular weight is 563 g/mol. The summed E-state index contributed by atoms with van der Waals surface area (Å²) in [5, 5.41) is 3.43. The number of fused-ring (bicyclic) bond motifs is 1. The number of halogens is 1. The van der Waals surface area contributed by atoms with E-state index >= 15 is 0 Å². The van der Waals surface area contributed by atoms with Crippen molar-refractivity contribution in [3.8, 4) is 11.1 Å². The standard InChI is InChI=1S/C30H31FN4O6/c1-4-33(5-2)21-12-13-22-18(3)27(29(38)41-24(22)15-21)19-8-10-20(11-9-19)32-25(36)17-35-28(37)23(31)16-34(30(35)39)26-7-6-14-40-26/h8-13,15-16,26H,4-7,14,17H2,1-3H3,(H,32,36). The molecule has 2 aromatic carbocycles. The highest BCUT2D eigenvalue weighted by Gasteiger charge is 2.23. The maximum Gasteiger partial charge on any atom is 0.344 e. The Hall–Kier alpha value is -4.51. The van der Waals surface area contributed by atoms with Gasteiger partial charge in [0.05, 0.1) is 11.8 Å². The molecule has 0 bridgehead atoms. The van der Waals surface area contributed by atoms with Crippen molar-refractivity contribution >= 4 is 28.3 Å². The quantitative estimate of drug-likeness (QED) is 0.323. The molecule has 2 aromatic heterocycles. The molecule has 0 saturated carbocycles. The van der Waals surface area contributed by atoms with E-state index in [0.29, 0.717) is 46.4 Å². The third-order valence-corrected chi connectivity index (χ3v) is 7.41. The zero-order chi connectivity index (χ0) is 29.3. The number of nitrogens with one attached hydrogen (secondary N) is 1. The highest BCUT2D eigenvalue weighted by atomic mass is 19.1. The Morgan fingerprint density at radius 3 is 2.49 bits per heavy atom. The molecule has 1 amide bonds. The summed E-state index contributed by atoms with van der Waals surface area (Å²) in [7, 11) is 0. The van der Waals surface area contributed by atoms with Crippen LogP contribution in [0.1, 0.15) is 38.5 Å². The molecule has 1 N–H and O–H groups in total. The van der Waals surface area contributed by atoms with Gasteiger partial charge in [0.1, 0.15) is 18.4 Å². The van der Waals surface area contributed by atoms with E-state index in [2.05, 4.69) is 24.1 Å². The molecule has 0 aliphatic carbocycles. The summed E-state index contributed by atoms with van der Waals surface area (Å²) in [4.78, 5) is 53.0. The van der Waals surface area contributed by atoms with E-state index in [1.807, 2.05) is 25.1 Å². The van der Waals surface area contributed by atoms with Gasteiger partial charge in [-0.05, 0) is 69.0 Å². The van der Waals surface area contributed by atoms with Crippen LogP contribution in [0, 0.1) is 12.7 Å². The van der Waals surface area contributed by atoms with Crippen molar-refractivity contribution in [2.24, 2.45) is 0 Å². The molecule has 4 aromatic rings. The molecular weight excluding hydrogens is 531 g/mol. The zero-order valence-corrected chi connectivity index (χ0v) is 23.1. The predicted octanol–water partition coefficient (Wildman–Crippen LogP) is 4.02. The fourth-order valence-corrected chi connectivity index (χ4v) is 5.24. The molecule has 1 aliphatic heterocycles. The normalized spacial score (nSPS) is 14.9. The van der Waals surface area contributed by atoms with Crippen molar-refractivity contribution in [2.75, 3.05) is 29.9 Å². The van der Waals surface area contributed by atoms with Crippen LogP contribution in [0.25, 0.3) is 22.1 Å². The lowest BCUT2D eigenvalue weighted by molar-refractivity contribution is -0.116. The number of benzene rings is 2. The predicted molar refractivity (Wildman–Crippen MR) is 154 cm³/mol. The molecule has 214 valence electrons. The second-order valence-corrected chi connectivity index (χ2v) is 9.89. The molecule has 3 heterocycles. The number of aromatic nitrogens is 2. The van der Waals surface area contributed by atoms with Gasteiger partial charge in [-0.25, -0.2) is 14.2 Å². The van der Waals surface area contributed by atoms with Crippen LogP contribution in [0.4, 0.5) is 15.8 Å². The van der Waals surface area contributed by atoms with Crippen LogP contribution >= 0.6 is 0 Å². The van der Waals surface area contributed by atoms with Crippen LogP contribution in [0.3, 0.4) is 0 Å². The van der Waals surface area contributed by atoms with E-state index in [9.17, 15) is 23.6 Å². The van der Waals surface area contributed by atoms with Gasteiger partial charge >= 0.3 is 11.3 Å². The molecule has 10 nitrogen and oxygen atoms in total. The van der Waals surface area contributed by atoms with Gasteiger partial charge in [-0.3, -0.25) is 14.2 Å². The Kier molecular flexibility index (Phi) is 7.89. The Morgan fingerprint density at radius 1 is 1.10 bits per heavy atom. The van der Waals surface area contributed by atoms with E-state index in [1.54, 1.807) is 24.3 Å². The molecule has 1 atom stereocenters. The number of carbonyl (C=O) groups is 1. The average Bonchev–Trinajstić information content (AvgIpc) is 3.49. The number of carbonyl (C=O) groups excluding carboxylic acids is 1. The first kappa shape index (κ1) is 28.0. The highest BCUT2D eigenvalue weighted by molar-refractivity contribution is 5.92. The fraction of sp³-hybridized carbons (Fsp3) is 0.333. The van der Waals surface area contributed by atoms with Crippen LogP contribution in [-0.4, -0.2) is 34.7 Å². The Bertz CT molecular complexity index is 1780. The minimum Gasteiger partial charge on any atom is -0.422 e. The lowest BCUT2D eigenvalue weighted by Gasteiger charge is -2.21. The largest absolute Gasteiger partial charge is 0.422 e. The third kappa shape index (κ3) is 5.45. The number of hydrogen-bond donors (Lipinski definition) is 1. The molecule has 1 aliphatic rings. The number of rotatable bonds is 8. The smallest absolute Gasteiger partial charge is 0.344 e. The van der Waals surface area contributed by atoms with Crippen molar-refractivity contribution in [3.63, 3.8) is 0 Å². The van der Waals surface area contributed by atoms with Gasteiger partial charge in [-0.15, -0.1) is 0 Å². The lowest BCUT2D eigenvalue weighted by Crippen LogP contribution is -2.44. The Balaban J connectivity index is 1.37. The molecule has 1 fully saturated rings. The Morgan fingerprint density at radius 2 is 1.83 bits per heavy atom. The summed E-state index contributed by atoms with van der Waals surface area (Å²) >= 11 is 0. The fourth-order valence-electron chi connectivity index (χ4n) is 5.24. The van der Waals surface area contributed by atoms with E-state index in [-0.39, 0.29) is 0 Å². The van der Waals surface area contributed by atoms with Crippen LogP contribution in [0.2, 0.25) is 0 Å². The number of ether oxygens (including phenoxy) is 1. The number of amides is 1. The SMILES string of the molecule is CCN(CC)c1ccc2c(C)c(-c3ccc(NC(=O)Cn4c(=O)c(F)cn(C5CCCO5)c4=O)cc3)c(=O)oc2c1. The van der Waals surface area contributed by atoms with Crippen LogP contribution in [0.15, 0.2) is 67.5 Å². The van der Waals surface area contributed by atoms with E-state index in [1.165, 1.54) is 0 Å². The monoisotopic (exact) mass is 562 g/mol. The van der Waals surface area contributed by atoms with Gasteiger partial charge in [-0.2, -0.15) is 4.39 Å². The van der Waals surface area contributed by atoms with Gasteiger partial charge in [0.25, 0.3) is 5.56 Å². The maximum atomic E-state index is 14.3. The van der Waals surface area contributed by atoms with Gasteiger partial charge in [0.2, 0.25) is 11.7 Å². The Labute approximate surface area is 234 Å². The lowest BCUT2D eigenvalue weighted by atomic mass is 9.99. The number of nitrogens with zero attached hydrogens (tertiary/aromatic N) is 3. The van der Waals surface area contributed by atoms with Crippen LogP contribution in [0.5, 0.6) is 0 Å². The van der Waals surface area contributed by atoms with Crippen molar-refractivity contribution in [3.05, 3.63) is 91.3 Å². The first-order valence-electron chi connectivity index (χ1n) is 13.6. The summed E-state index contributed by atoms with van der Waals surface area (Å²) in [6.45, 7) is 7.40.